The lowest BCUT2D eigenvalue weighted by atomic mass is 10.1. The zero-order chi connectivity index (χ0) is 19.6. The van der Waals surface area contributed by atoms with E-state index in [4.69, 9.17) is 9.47 Å². The van der Waals surface area contributed by atoms with E-state index in [1.165, 1.54) is 12.1 Å². The third-order valence-corrected chi connectivity index (χ3v) is 4.27. The molecule has 0 saturated heterocycles. The Morgan fingerprint density at radius 1 is 1.04 bits per heavy atom. The van der Waals surface area contributed by atoms with Crippen LogP contribution in [0.3, 0.4) is 0 Å². The van der Waals surface area contributed by atoms with Crippen LogP contribution < -0.4 is 25.4 Å². The summed E-state index contributed by atoms with van der Waals surface area (Å²) in [7, 11) is 3.12. The summed E-state index contributed by atoms with van der Waals surface area (Å²) in [6.07, 6.45) is 1.44. The van der Waals surface area contributed by atoms with Crippen molar-refractivity contribution in [2.75, 3.05) is 30.1 Å². The third-order valence-electron chi connectivity index (χ3n) is 4.27. The molecule has 10 nitrogen and oxygen atoms in total. The molecule has 1 aliphatic rings. The van der Waals surface area contributed by atoms with Crippen LogP contribution in [0.1, 0.15) is 17.5 Å². The van der Waals surface area contributed by atoms with Crippen molar-refractivity contribution in [3.05, 3.63) is 51.9 Å². The predicted octanol–water partition coefficient (Wildman–Crippen LogP) is 2.85. The van der Waals surface area contributed by atoms with Crippen LogP contribution in [0.5, 0.6) is 11.5 Å². The molecule has 3 N–H and O–H groups in total. The van der Waals surface area contributed by atoms with Gasteiger partial charge in [0, 0.05) is 11.3 Å². The number of anilines is 3. The molecule has 1 aliphatic carbocycles. The maximum absolute atomic E-state index is 10.9. The van der Waals surface area contributed by atoms with Gasteiger partial charge in [-0.25, -0.2) is 0 Å². The van der Waals surface area contributed by atoms with Crippen molar-refractivity contribution in [1.82, 2.24) is 0 Å². The quantitative estimate of drug-likeness (QED) is 0.652. The molecular weight excluding hydrogens is 356 g/mol. The fourth-order valence-electron chi connectivity index (χ4n) is 2.92. The van der Waals surface area contributed by atoms with Gasteiger partial charge in [0.2, 0.25) is 0 Å². The highest BCUT2D eigenvalue weighted by atomic mass is 16.8. The van der Waals surface area contributed by atoms with Crippen molar-refractivity contribution in [3.63, 3.8) is 0 Å². The smallest absolute Gasteiger partial charge is 0.161 e. The van der Waals surface area contributed by atoms with Gasteiger partial charge in [0.15, 0.2) is 11.5 Å². The number of rotatable bonds is 6. The van der Waals surface area contributed by atoms with E-state index in [0.29, 0.717) is 17.9 Å². The van der Waals surface area contributed by atoms with Gasteiger partial charge in [-0.3, -0.25) is 15.8 Å². The van der Waals surface area contributed by atoms with E-state index in [1.807, 2.05) is 12.1 Å². The lowest BCUT2D eigenvalue weighted by Gasteiger charge is -2.37. The molecule has 10 heteroatoms. The number of methoxy groups -OCH3 is 2. The summed E-state index contributed by atoms with van der Waals surface area (Å²) < 4.78 is 10.6. The highest BCUT2D eigenvalue weighted by Crippen LogP contribution is 2.35. The van der Waals surface area contributed by atoms with E-state index in [-0.39, 0.29) is 22.3 Å². The van der Waals surface area contributed by atoms with E-state index < -0.39 is 5.23 Å². The molecule has 0 bridgehead atoms. The minimum atomic E-state index is -0.629. The number of nitrogens with zero attached hydrogens (tertiary/aromatic N) is 3. The first kappa shape index (κ1) is 18.7. The fourth-order valence-corrected chi connectivity index (χ4v) is 2.92. The second-order valence-corrected chi connectivity index (χ2v) is 5.78. The van der Waals surface area contributed by atoms with Crippen LogP contribution in [-0.4, -0.2) is 30.3 Å². The Balaban J connectivity index is 1.91. The van der Waals surface area contributed by atoms with Crippen molar-refractivity contribution < 1.29 is 19.9 Å². The minimum absolute atomic E-state index is 0.188. The molecule has 0 aromatic heterocycles. The topological polar surface area (TPSA) is 136 Å². The Kier molecular flexibility index (Phi) is 5.33. The zero-order valence-corrected chi connectivity index (χ0v) is 14.7. The lowest BCUT2D eigenvalue weighted by Crippen LogP contribution is -2.14. The van der Waals surface area contributed by atoms with E-state index in [1.54, 1.807) is 14.2 Å². The van der Waals surface area contributed by atoms with Crippen molar-refractivity contribution in [2.24, 2.45) is 5.10 Å². The monoisotopic (exact) mass is 374 g/mol. The number of hydrazone groups is 1. The number of fused-ring (bicyclic) bond motifs is 1. The van der Waals surface area contributed by atoms with E-state index in [0.717, 1.165) is 29.3 Å². The van der Waals surface area contributed by atoms with Crippen molar-refractivity contribution in [2.45, 2.75) is 12.8 Å². The molecule has 0 radical (unpaired) electrons. The Morgan fingerprint density at radius 2 is 1.74 bits per heavy atom. The molecule has 0 spiro atoms. The highest BCUT2D eigenvalue weighted by Gasteiger charge is 2.21. The van der Waals surface area contributed by atoms with Crippen molar-refractivity contribution in [3.8, 4) is 11.5 Å². The number of hydrogen-bond acceptors (Lipinski definition) is 10. The molecule has 0 heterocycles. The standard InChI is InChI=1S/C17H18N4O6/c1-26-16-7-10-3-5-13(12(10)9-17(16)27-2)18-19-14-6-4-11(20(22)23)8-15(14)21(24)25/h4,6-9,19,24-25H,3,5H2,1-2H3/q-2. The van der Waals surface area contributed by atoms with Gasteiger partial charge in [0.1, 0.15) is 5.69 Å². The number of ether oxygens (including phenoxy) is 2. The van der Waals surface area contributed by atoms with Gasteiger partial charge < -0.3 is 25.1 Å². The van der Waals surface area contributed by atoms with Crippen LogP contribution in [0.15, 0.2) is 35.4 Å². The summed E-state index contributed by atoms with van der Waals surface area (Å²) in [4.78, 5) is 0. The summed E-state index contributed by atoms with van der Waals surface area (Å²) in [6, 6.07) is 7.35. The molecule has 0 amide bonds. The molecule has 2 aromatic rings. The van der Waals surface area contributed by atoms with E-state index in [2.05, 4.69) is 10.5 Å². The molecule has 144 valence electrons. The Morgan fingerprint density at radius 3 is 2.37 bits per heavy atom. The summed E-state index contributed by atoms with van der Waals surface area (Å²) in [5.41, 5.74) is 5.17. The van der Waals surface area contributed by atoms with Crippen LogP contribution in [0.2, 0.25) is 0 Å². The van der Waals surface area contributed by atoms with Crippen molar-refractivity contribution >= 4 is 22.8 Å². The molecule has 2 aromatic carbocycles. The van der Waals surface area contributed by atoms with Gasteiger partial charge in [-0.2, -0.15) is 5.10 Å². The largest absolute Gasteiger partial charge is 0.769 e. The molecule has 27 heavy (non-hydrogen) atoms. The minimum Gasteiger partial charge on any atom is -0.769 e. The Hall–Kier alpha value is -3.05. The second-order valence-electron chi connectivity index (χ2n) is 5.78. The zero-order valence-electron chi connectivity index (χ0n) is 14.7. The SMILES string of the molecule is COc1cc2c(cc1OC)C(=NNc1ccc(N([O-])[O-])cc1N(O)O)CC2. The third kappa shape index (κ3) is 3.73. The molecular formula is C17H18N4O6-2. The summed E-state index contributed by atoms with van der Waals surface area (Å²) in [5.74, 6) is 1.22. The first-order chi connectivity index (χ1) is 12.9. The highest BCUT2D eigenvalue weighted by molar-refractivity contribution is 6.05. The first-order valence-corrected chi connectivity index (χ1v) is 7.98. The average molecular weight is 374 g/mol. The van der Waals surface area contributed by atoms with Gasteiger partial charge >= 0.3 is 0 Å². The maximum atomic E-state index is 10.9. The van der Waals surface area contributed by atoms with Crippen LogP contribution in [0, 0.1) is 10.4 Å². The molecule has 0 saturated carbocycles. The Bertz CT molecular complexity index is 869. The number of aryl methyl sites for hydroxylation is 1. The molecule has 0 fully saturated rings. The maximum Gasteiger partial charge on any atom is 0.161 e. The van der Waals surface area contributed by atoms with Gasteiger partial charge in [-0.05, 0) is 48.7 Å². The van der Waals surface area contributed by atoms with Crippen LogP contribution >= 0.6 is 0 Å². The normalized spacial score (nSPS) is 14.1. The number of benzene rings is 2. The summed E-state index contributed by atoms with van der Waals surface area (Å²) in [5, 5.41) is 43.9. The number of hydrogen-bond donors (Lipinski definition) is 3. The van der Waals surface area contributed by atoms with Crippen molar-refractivity contribution in [1.29, 1.82) is 0 Å². The fraction of sp³-hybridized carbons (Fsp3) is 0.235. The van der Waals surface area contributed by atoms with Gasteiger partial charge in [-0.15, -0.1) is 5.23 Å². The van der Waals surface area contributed by atoms with E-state index >= 15 is 0 Å². The Labute approximate surface area is 154 Å². The molecule has 0 atom stereocenters. The average Bonchev–Trinajstić information content (AvgIpc) is 3.06. The van der Waals surface area contributed by atoms with Crippen LogP contribution in [-0.2, 0) is 6.42 Å². The second kappa shape index (κ2) is 7.68. The lowest BCUT2D eigenvalue weighted by molar-refractivity contribution is 0.0295. The molecule has 3 rings (SSSR count). The molecule has 0 unspecified atom stereocenters. The first-order valence-electron chi connectivity index (χ1n) is 7.98. The predicted molar refractivity (Wildman–Crippen MR) is 99.7 cm³/mol. The van der Waals surface area contributed by atoms with Crippen LogP contribution in [0.4, 0.5) is 17.1 Å². The van der Waals surface area contributed by atoms with Crippen LogP contribution in [0.25, 0.3) is 0 Å². The van der Waals surface area contributed by atoms with E-state index in [9.17, 15) is 20.8 Å². The van der Waals surface area contributed by atoms with Gasteiger partial charge in [0.25, 0.3) is 0 Å². The summed E-state index contributed by atoms with van der Waals surface area (Å²) >= 11 is 0. The summed E-state index contributed by atoms with van der Waals surface area (Å²) in [6.45, 7) is 0. The number of nitrogens with one attached hydrogen (secondary N) is 1. The van der Waals surface area contributed by atoms with Gasteiger partial charge in [0.05, 0.1) is 25.6 Å². The molecule has 0 aliphatic heterocycles. The van der Waals surface area contributed by atoms with Gasteiger partial charge in [-0.1, -0.05) is 0 Å².